The maximum atomic E-state index is 13.2. The van der Waals surface area contributed by atoms with E-state index < -0.39 is 17.7 Å². The molecule has 0 aliphatic carbocycles. The molecule has 10 heteroatoms. The molecular weight excluding hydrogens is 464 g/mol. The number of aromatic carboxylic acids is 1. The van der Waals surface area contributed by atoms with Crippen LogP contribution in [-0.4, -0.2) is 24.1 Å². The molecular formula is C19H11Cl3FNO4S. The summed E-state index contributed by atoms with van der Waals surface area (Å²) in [4.78, 5) is 24.9. The first kappa shape index (κ1) is 21.4. The van der Waals surface area contributed by atoms with Gasteiger partial charge in [0.1, 0.15) is 16.4 Å². The van der Waals surface area contributed by atoms with Crippen LogP contribution in [0.25, 0.3) is 10.4 Å². The summed E-state index contributed by atoms with van der Waals surface area (Å²) >= 11 is 19.4. The number of thiophene rings is 1. The standard InChI is InChI=1S/C19H11Cl3FNO4S/c1-28-16-11(20)6-10(14(21)15(16)22)18(25)24-12-7-29-17(13(12)19(26)27)8-2-4-9(23)5-3-8/h2-7H,1H3,(H,24,25)(H,26,27). The van der Waals surface area contributed by atoms with Crippen LogP contribution in [0.2, 0.25) is 15.1 Å². The predicted molar refractivity (Wildman–Crippen MR) is 113 cm³/mol. The summed E-state index contributed by atoms with van der Waals surface area (Å²) in [7, 11) is 1.35. The number of nitrogens with one attached hydrogen (secondary N) is 1. The molecule has 5 nitrogen and oxygen atoms in total. The van der Waals surface area contributed by atoms with Crippen molar-refractivity contribution in [2.24, 2.45) is 0 Å². The van der Waals surface area contributed by atoms with Crippen LogP contribution in [0.3, 0.4) is 0 Å². The van der Waals surface area contributed by atoms with Crippen LogP contribution >= 0.6 is 46.1 Å². The SMILES string of the molecule is COc1c(Cl)cc(C(=O)Nc2csc(-c3ccc(F)cc3)c2C(=O)O)c(Cl)c1Cl. The number of hydrogen-bond acceptors (Lipinski definition) is 4. The Labute approximate surface area is 183 Å². The lowest BCUT2D eigenvalue weighted by molar-refractivity contribution is 0.0699. The number of anilines is 1. The van der Waals surface area contributed by atoms with Crippen molar-refractivity contribution in [2.45, 2.75) is 0 Å². The zero-order valence-corrected chi connectivity index (χ0v) is 17.6. The number of halogens is 4. The van der Waals surface area contributed by atoms with Crippen LogP contribution < -0.4 is 10.1 Å². The number of carbonyl (C=O) groups excluding carboxylic acids is 1. The Morgan fingerprint density at radius 1 is 1.14 bits per heavy atom. The van der Waals surface area contributed by atoms with Gasteiger partial charge in [0.2, 0.25) is 0 Å². The topological polar surface area (TPSA) is 75.6 Å². The molecule has 1 amide bonds. The molecule has 0 saturated heterocycles. The third-order valence-electron chi connectivity index (χ3n) is 3.92. The van der Waals surface area contributed by atoms with Crippen molar-refractivity contribution in [3.8, 4) is 16.2 Å². The predicted octanol–water partition coefficient (Wildman–Crippen LogP) is 6.47. The van der Waals surface area contributed by atoms with Crippen molar-refractivity contribution in [1.82, 2.24) is 0 Å². The molecule has 2 aromatic carbocycles. The smallest absolute Gasteiger partial charge is 0.339 e. The molecule has 150 valence electrons. The van der Waals surface area contributed by atoms with Gasteiger partial charge in [0, 0.05) is 5.38 Å². The van der Waals surface area contributed by atoms with Crippen molar-refractivity contribution < 1.29 is 23.8 Å². The second-order valence-corrected chi connectivity index (χ2v) is 7.73. The van der Waals surface area contributed by atoms with E-state index in [0.717, 1.165) is 11.3 Å². The minimum Gasteiger partial charge on any atom is -0.494 e. The van der Waals surface area contributed by atoms with E-state index in [1.807, 2.05) is 0 Å². The Balaban J connectivity index is 2.00. The highest BCUT2D eigenvalue weighted by Gasteiger charge is 2.24. The monoisotopic (exact) mass is 473 g/mol. The molecule has 0 saturated carbocycles. The van der Waals surface area contributed by atoms with E-state index >= 15 is 0 Å². The first-order valence-electron chi connectivity index (χ1n) is 7.88. The normalized spacial score (nSPS) is 10.7. The zero-order chi connectivity index (χ0) is 21.3. The third-order valence-corrected chi connectivity index (χ3v) is 6.08. The van der Waals surface area contributed by atoms with Crippen LogP contribution in [-0.2, 0) is 0 Å². The lowest BCUT2D eigenvalue weighted by Crippen LogP contribution is -2.15. The van der Waals surface area contributed by atoms with Gasteiger partial charge in [-0.1, -0.05) is 46.9 Å². The molecule has 1 heterocycles. The van der Waals surface area contributed by atoms with Gasteiger partial charge >= 0.3 is 5.97 Å². The number of carbonyl (C=O) groups is 2. The molecule has 0 spiro atoms. The highest BCUT2D eigenvalue weighted by atomic mass is 35.5. The van der Waals surface area contributed by atoms with Gasteiger partial charge in [-0.2, -0.15) is 0 Å². The Kier molecular flexibility index (Phi) is 6.33. The van der Waals surface area contributed by atoms with Crippen molar-refractivity contribution >= 4 is 63.7 Å². The van der Waals surface area contributed by atoms with Crippen LogP contribution in [0.5, 0.6) is 5.75 Å². The van der Waals surface area contributed by atoms with Gasteiger partial charge in [-0.25, -0.2) is 9.18 Å². The molecule has 29 heavy (non-hydrogen) atoms. The lowest BCUT2D eigenvalue weighted by Gasteiger charge is -2.12. The molecule has 1 aromatic heterocycles. The molecule has 3 aromatic rings. The Morgan fingerprint density at radius 3 is 2.38 bits per heavy atom. The van der Waals surface area contributed by atoms with E-state index in [1.54, 1.807) is 0 Å². The Morgan fingerprint density at radius 2 is 1.79 bits per heavy atom. The van der Waals surface area contributed by atoms with Crippen LogP contribution in [0, 0.1) is 5.82 Å². The molecule has 3 rings (SSSR count). The van der Waals surface area contributed by atoms with Gasteiger partial charge in [-0.15, -0.1) is 11.3 Å². The van der Waals surface area contributed by atoms with Crippen LogP contribution in [0.15, 0.2) is 35.7 Å². The number of carboxylic acids is 1. The van der Waals surface area contributed by atoms with Gasteiger partial charge in [0.25, 0.3) is 5.91 Å². The number of benzene rings is 2. The number of rotatable bonds is 5. The van der Waals surface area contributed by atoms with E-state index in [4.69, 9.17) is 39.5 Å². The first-order valence-corrected chi connectivity index (χ1v) is 9.89. The van der Waals surface area contributed by atoms with E-state index in [2.05, 4.69) is 5.32 Å². The third kappa shape index (κ3) is 4.18. The molecule has 0 aliphatic heterocycles. The van der Waals surface area contributed by atoms with Gasteiger partial charge in [0.15, 0.2) is 5.75 Å². The molecule has 2 N–H and O–H groups in total. The van der Waals surface area contributed by atoms with E-state index in [0.29, 0.717) is 10.4 Å². The fourth-order valence-electron chi connectivity index (χ4n) is 2.60. The van der Waals surface area contributed by atoms with Crippen molar-refractivity contribution in [1.29, 1.82) is 0 Å². The highest BCUT2D eigenvalue weighted by molar-refractivity contribution is 7.14. The molecule has 0 atom stereocenters. The summed E-state index contributed by atoms with van der Waals surface area (Å²) in [6.45, 7) is 0. The first-order chi connectivity index (χ1) is 13.7. The zero-order valence-electron chi connectivity index (χ0n) is 14.6. The van der Waals surface area contributed by atoms with Gasteiger partial charge < -0.3 is 15.2 Å². The van der Waals surface area contributed by atoms with Crippen molar-refractivity contribution in [3.63, 3.8) is 0 Å². The number of methoxy groups -OCH3 is 1. The summed E-state index contributed by atoms with van der Waals surface area (Å²) in [6, 6.07) is 6.63. The highest BCUT2D eigenvalue weighted by Crippen LogP contribution is 2.41. The lowest BCUT2D eigenvalue weighted by atomic mass is 10.1. The number of ether oxygens (including phenoxy) is 1. The van der Waals surface area contributed by atoms with Gasteiger partial charge in [-0.3, -0.25) is 4.79 Å². The fraction of sp³-hybridized carbons (Fsp3) is 0.0526. The summed E-state index contributed by atoms with van der Waals surface area (Å²) in [5, 5.41) is 13.6. The van der Waals surface area contributed by atoms with Crippen LogP contribution in [0.1, 0.15) is 20.7 Å². The summed E-state index contributed by atoms with van der Waals surface area (Å²) in [5.41, 5.74) is 0.388. The quantitative estimate of drug-likeness (QED) is 0.415. The second-order valence-electron chi connectivity index (χ2n) is 5.69. The van der Waals surface area contributed by atoms with Gasteiger partial charge in [-0.05, 0) is 23.8 Å². The fourth-order valence-corrected chi connectivity index (χ4v) is 4.43. The number of carboxylic acid groups (broad SMARTS) is 1. The van der Waals surface area contributed by atoms with Crippen molar-refractivity contribution in [3.05, 3.63) is 67.7 Å². The average Bonchev–Trinajstić information content (AvgIpc) is 3.09. The Bertz CT molecular complexity index is 1120. The summed E-state index contributed by atoms with van der Waals surface area (Å²) in [5.74, 6) is -2.28. The van der Waals surface area contributed by atoms with Crippen LogP contribution in [0.4, 0.5) is 10.1 Å². The minimum atomic E-state index is -1.25. The molecule has 0 fully saturated rings. The molecule has 0 aliphatic rings. The number of amides is 1. The van der Waals surface area contributed by atoms with Crippen molar-refractivity contribution in [2.75, 3.05) is 12.4 Å². The van der Waals surface area contributed by atoms with E-state index in [1.165, 1.54) is 42.8 Å². The van der Waals surface area contributed by atoms with Gasteiger partial charge in [0.05, 0.1) is 33.3 Å². The molecule has 0 bridgehead atoms. The number of hydrogen-bond donors (Lipinski definition) is 2. The summed E-state index contributed by atoms with van der Waals surface area (Å²) < 4.78 is 18.2. The van der Waals surface area contributed by atoms with E-state index in [9.17, 15) is 19.1 Å². The summed E-state index contributed by atoms with van der Waals surface area (Å²) in [6.07, 6.45) is 0. The maximum absolute atomic E-state index is 13.2. The molecule has 0 radical (unpaired) electrons. The Hall–Kier alpha value is -2.32. The largest absolute Gasteiger partial charge is 0.494 e. The molecule has 0 unspecified atom stereocenters. The van der Waals surface area contributed by atoms with E-state index in [-0.39, 0.29) is 37.6 Å². The maximum Gasteiger partial charge on any atom is 0.339 e. The second kappa shape index (κ2) is 8.59. The average molecular weight is 475 g/mol. The minimum absolute atomic E-state index is 0.0393.